The van der Waals surface area contributed by atoms with Crippen LogP contribution in [0.4, 0.5) is 5.82 Å². The fraction of sp³-hybridized carbons (Fsp3) is 0.333. The summed E-state index contributed by atoms with van der Waals surface area (Å²) in [6.07, 6.45) is 1.56. The number of nitrogens with zero attached hydrogens (tertiary/aromatic N) is 5. The van der Waals surface area contributed by atoms with E-state index in [9.17, 15) is 9.59 Å². The number of hydrogen-bond donors (Lipinski definition) is 0. The first kappa shape index (κ1) is 20.2. The van der Waals surface area contributed by atoms with Crippen molar-refractivity contribution in [2.24, 2.45) is 18.9 Å². The molecular weight excluding hydrogens is 406 g/mol. The summed E-state index contributed by atoms with van der Waals surface area (Å²) in [6.45, 7) is 3.06. The first-order valence-electron chi connectivity index (χ1n) is 10.7. The maximum absolute atomic E-state index is 13.1. The predicted molar refractivity (Wildman–Crippen MR) is 121 cm³/mol. The minimum absolute atomic E-state index is 0.0922. The molecule has 2 aromatic heterocycles. The van der Waals surface area contributed by atoms with Gasteiger partial charge in [0.1, 0.15) is 5.75 Å². The summed E-state index contributed by atoms with van der Waals surface area (Å²) in [5, 5.41) is 8.86. The molecule has 2 atom stereocenters. The number of aryl methyl sites for hydroxylation is 1. The van der Waals surface area contributed by atoms with Gasteiger partial charge < -0.3 is 19.1 Å². The Bertz CT molecular complexity index is 1180. The lowest BCUT2D eigenvalue weighted by molar-refractivity contribution is 0.0778. The zero-order valence-corrected chi connectivity index (χ0v) is 18.1. The van der Waals surface area contributed by atoms with Gasteiger partial charge in [0, 0.05) is 62.9 Å². The highest BCUT2D eigenvalue weighted by atomic mass is 16.5. The van der Waals surface area contributed by atoms with Crippen molar-refractivity contribution in [1.82, 2.24) is 19.7 Å². The highest BCUT2D eigenvalue weighted by Crippen LogP contribution is 2.34. The zero-order chi connectivity index (χ0) is 22.2. The third-order valence-electron chi connectivity index (χ3n) is 6.46. The molecule has 0 bridgehead atoms. The number of anilines is 1. The van der Waals surface area contributed by atoms with E-state index in [2.05, 4.69) is 15.1 Å². The number of carbonyl (C=O) groups excluding carboxylic acids is 1. The number of amides is 1. The summed E-state index contributed by atoms with van der Waals surface area (Å²) in [6, 6.07) is 15.4. The first-order valence-corrected chi connectivity index (χ1v) is 10.7. The second kappa shape index (κ2) is 8.11. The molecule has 4 heterocycles. The normalized spacial score (nSPS) is 19.8. The minimum atomic E-state index is -0.202. The maximum atomic E-state index is 13.1. The van der Waals surface area contributed by atoms with Crippen molar-refractivity contribution >= 4 is 11.7 Å². The Kier molecular flexibility index (Phi) is 5.13. The van der Waals surface area contributed by atoms with Gasteiger partial charge in [-0.15, -0.1) is 10.2 Å². The Morgan fingerprint density at radius 3 is 2.34 bits per heavy atom. The molecule has 32 heavy (non-hydrogen) atoms. The molecule has 2 aliphatic rings. The summed E-state index contributed by atoms with van der Waals surface area (Å²) in [7, 11) is 3.12. The molecule has 3 aromatic rings. The summed E-state index contributed by atoms with van der Waals surface area (Å²) in [4.78, 5) is 29.1. The molecule has 1 amide bonds. The second-order valence-electron chi connectivity index (χ2n) is 8.48. The molecular formula is C24H25N5O3. The van der Waals surface area contributed by atoms with Gasteiger partial charge in [-0.3, -0.25) is 9.59 Å². The Hall–Kier alpha value is -3.68. The number of aromatic nitrogens is 3. The quantitative estimate of drug-likeness (QED) is 0.629. The van der Waals surface area contributed by atoms with E-state index in [0.717, 1.165) is 30.2 Å². The van der Waals surface area contributed by atoms with Crippen molar-refractivity contribution in [2.45, 2.75) is 0 Å². The van der Waals surface area contributed by atoms with Gasteiger partial charge >= 0.3 is 0 Å². The molecule has 2 fully saturated rings. The molecule has 1 aromatic carbocycles. The highest BCUT2D eigenvalue weighted by molar-refractivity contribution is 5.96. The third-order valence-corrected chi connectivity index (χ3v) is 6.46. The highest BCUT2D eigenvalue weighted by Gasteiger charge is 2.42. The first-order chi connectivity index (χ1) is 15.5. The van der Waals surface area contributed by atoms with Crippen LogP contribution in [0.5, 0.6) is 5.75 Å². The van der Waals surface area contributed by atoms with E-state index < -0.39 is 0 Å². The summed E-state index contributed by atoms with van der Waals surface area (Å²) >= 11 is 0. The number of methoxy groups -OCH3 is 1. The smallest absolute Gasteiger partial charge is 0.259 e. The standard InChI is InChI=1S/C24H25N5O3/c1-27-15-19(21(32-2)10-23(27)30)24(31)29-13-17-11-28(12-18(17)14-29)22-9-8-20(25-26-22)16-6-4-3-5-7-16/h3-10,15,17-18H,11-14H2,1-2H3. The van der Waals surface area contributed by atoms with E-state index >= 15 is 0 Å². The molecule has 164 valence electrons. The van der Waals surface area contributed by atoms with Crippen LogP contribution in [0, 0.1) is 11.8 Å². The van der Waals surface area contributed by atoms with Gasteiger partial charge in [-0.05, 0) is 12.1 Å². The molecule has 0 aliphatic carbocycles. The SMILES string of the molecule is COc1cc(=O)n(C)cc1C(=O)N1CC2CN(c3ccc(-c4ccccc4)nn3)CC2C1. The lowest BCUT2D eigenvalue weighted by atomic mass is 10.0. The molecule has 2 aliphatic heterocycles. The van der Waals surface area contributed by atoms with Crippen LogP contribution in [0.1, 0.15) is 10.4 Å². The Labute approximate surface area is 186 Å². The number of fused-ring (bicyclic) bond motifs is 1. The molecule has 8 heteroatoms. The average molecular weight is 431 g/mol. The number of ether oxygens (including phenoxy) is 1. The zero-order valence-electron chi connectivity index (χ0n) is 18.1. The summed E-state index contributed by atoms with van der Waals surface area (Å²) < 4.78 is 6.70. The Morgan fingerprint density at radius 1 is 1.00 bits per heavy atom. The molecule has 0 saturated carbocycles. The Morgan fingerprint density at radius 2 is 1.72 bits per heavy atom. The van der Waals surface area contributed by atoms with E-state index in [1.54, 1.807) is 13.2 Å². The predicted octanol–water partition coefficient (Wildman–Crippen LogP) is 2.06. The van der Waals surface area contributed by atoms with E-state index in [1.165, 1.54) is 17.7 Å². The van der Waals surface area contributed by atoms with E-state index in [-0.39, 0.29) is 11.5 Å². The van der Waals surface area contributed by atoms with Crippen molar-refractivity contribution in [3.05, 3.63) is 70.6 Å². The number of likely N-dealkylation sites (tertiary alicyclic amines) is 1. The van der Waals surface area contributed by atoms with Crippen LogP contribution in [-0.4, -0.2) is 58.9 Å². The lowest BCUT2D eigenvalue weighted by Crippen LogP contribution is -2.34. The van der Waals surface area contributed by atoms with Crippen LogP contribution >= 0.6 is 0 Å². The summed E-state index contributed by atoms with van der Waals surface area (Å²) in [5.74, 6) is 1.87. The molecule has 5 rings (SSSR count). The van der Waals surface area contributed by atoms with Gasteiger partial charge in [0.2, 0.25) is 0 Å². The van der Waals surface area contributed by atoms with Crippen molar-refractivity contribution in [2.75, 3.05) is 38.2 Å². The van der Waals surface area contributed by atoms with Crippen LogP contribution in [0.3, 0.4) is 0 Å². The monoisotopic (exact) mass is 431 g/mol. The van der Waals surface area contributed by atoms with Crippen molar-refractivity contribution in [1.29, 1.82) is 0 Å². The number of rotatable bonds is 4. The molecule has 0 N–H and O–H groups in total. The van der Waals surface area contributed by atoms with Gasteiger partial charge in [-0.2, -0.15) is 0 Å². The molecule has 2 unspecified atom stereocenters. The number of carbonyl (C=O) groups is 1. The van der Waals surface area contributed by atoms with Crippen molar-refractivity contribution in [3.8, 4) is 17.0 Å². The number of hydrogen-bond acceptors (Lipinski definition) is 6. The van der Waals surface area contributed by atoms with Crippen LogP contribution in [0.25, 0.3) is 11.3 Å². The largest absolute Gasteiger partial charge is 0.496 e. The van der Waals surface area contributed by atoms with Crippen LogP contribution < -0.4 is 15.2 Å². The van der Waals surface area contributed by atoms with Crippen LogP contribution in [-0.2, 0) is 7.05 Å². The lowest BCUT2D eigenvalue weighted by Gasteiger charge is -2.23. The second-order valence-corrected chi connectivity index (χ2v) is 8.48. The third kappa shape index (κ3) is 3.62. The molecule has 2 saturated heterocycles. The van der Waals surface area contributed by atoms with E-state index in [4.69, 9.17) is 4.74 Å². The number of benzene rings is 1. The average Bonchev–Trinajstić information content (AvgIpc) is 3.40. The molecule has 0 radical (unpaired) electrons. The van der Waals surface area contributed by atoms with Crippen LogP contribution in [0.15, 0.2) is 59.5 Å². The van der Waals surface area contributed by atoms with Gasteiger partial charge in [-0.1, -0.05) is 30.3 Å². The van der Waals surface area contributed by atoms with Crippen molar-refractivity contribution in [3.63, 3.8) is 0 Å². The van der Waals surface area contributed by atoms with Gasteiger partial charge in [0.25, 0.3) is 11.5 Å². The van der Waals surface area contributed by atoms with Crippen LogP contribution in [0.2, 0.25) is 0 Å². The Balaban J connectivity index is 1.26. The topological polar surface area (TPSA) is 80.6 Å². The molecule has 0 spiro atoms. The fourth-order valence-corrected chi connectivity index (χ4v) is 4.72. The van der Waals surface area contributed by atoms with Gasteiger partial charge in [0.05, 0.1) is 18.4 Å². The maximum Gasteiger partial charge on any atom is 0.259 e. The van der Waals surface area contributed by atoms with Gasteiger partial charge in [0.15, 0.2) is 5.82 Å². The molecule has 8 nitrogen and oxygen atoms in total. The van der Waals surface area contributed by atoms with E-state index in [1.807, 2.05) is 47.4 Å². The fourth-order valence-electron chi connectivity index (χ4n) is 4.72. The van der Waals surface area contributed by atoms with Crippen molar-refractivity contribution < 1.29 is 9.53 Å². The van der Waals surface area contributed by atoms with E-state index in [0.29, 0.717) is 36.2 Å². The van der Waals surface area contributed by atoms with Gasteiger partial charge in [-0.25, -0.2) is 0 Å². The number of pyridine rings is 1. The minimum Gasteiger partial charge on any atom is -0.496 e. The summed E-state index contributed by atoms with van der Waals surface area (Å²) in [5.41, 5.74) is 2.13.